The van der Waals surface area contributed by atoms with Crippen molar-refractivity contribution in [1.82, 2.24) is 20.1 Å². The van der Waals surface area contributed by atoms with Gasteiger partial charge in [-0.25, -0.2) is 9.67 Å². The molecule has 122 valence electrons. The molecule has 1 N–H and O–H groups in total. The Balaban J connectivity index is 1.52. The molecule has 0 saturated heterocycles. The van der Waals surface area contributed by atoms with Crippen LogP contribution in [0.25, 0.3) is 0 Å². The molecule has 0 fully saturated rings. The number of amides is 1. The van der Waals surface area contributed by atoms with E-state index >= 15 is 0 Å². The van der Waals surface area contributed by atoms with Crippen molar-refractivity contribution in [2.75, 3.05) is 6.54 Å². The van der Waals surface area contributed by atoms with Crippen LogP contribution in [0, 0.1) is 0 Å². The molecule has 1 atom stereocenters. The number of fused-ring (bicyclic) bond motifs is 1. The van der Waals surface area contributed by atoms with Crippen LogP contribution in [0.2, 0.25) is 0 Å². The first-order valence-corrected chi connectivity index (χ1v) is 8.13. The number of nitrogens with zero attached hydrogens (tertiary/aromatic N) is 3. The maximum Gasteiger partial charge on any atom is 0.241 e. The number of rotatable bonds is 6. The maximum absolute atomic E-state index is 12.2. The van der Waals surface area contributed by atoms with E-state index in [0.717, 1.165) is 36.7 Å². The molecule has 3 rings (SSSR count). The Bertz CT molecular complexity index is 671. The highest BCUT2D eigenvalue weighted by atomic mass is 16.5. The predicted octanol–water partition coefficient (Wildman–Crippen LogP) is 1.52. The predicted molar refractivity (Wildman–Crippen MR) is 86.3 cm³/mol. The molecule has 6 nitrogen and oxygen atoms in total. The second-order valence-corrected chi connectivity index (χ2v) is 5.66. The number of aromatic nitrogens is 3. The van der Waals surface area contributed by atoms with Gasteiger partial charge in [0.05, 0.1) is 6.54 Å². The Labute approximate surface area is 135 Å². The summed E-state index contributed by atoms with van der Waals surface area (Å²) in [6.45, 7) is 4.73. The van der Waals surface area contributed by atoms with E-state index in [2.05, 4.69) is 21.5 Å². The topological polar surface area (TPSA) is 69.0 Å². The summed E-state index contributed by atoms with van der Waals surface area (Å²) in [5, 5.41) is 7.30. The van der Waals surface area contributed by atoms with Gasteiger partial charge in [-0.15, -0.1) is 0 Å². The molecule has 0 aliphatic carbocycles. The number of carbonyl (C=O) groups is 1. The summed E-state index contributed by atoms with van der Waals surface area (Å²) in [5.74, 6) is 2.49. The fourth-order valence-corrected chi connectivity index (χ4v) is 2.75. The molecule has 2 heterocycles. The van der Waals surface area contributed by atoms with Crippen molar-refractivity contribution in [1.29, 1.82) is 0 Å². The number of hydrogen-bond donors (Lipinski definition) is 1. The van der Waals surface area contributed by atoms with Gasteiger partial charge in [-0.2, -0.15) is 5.10 Å². The first-order chi connectivity index (χ1) is 11.2. The lowest BCUT2D eigenvalue weighted by molar-refractivity contribution is -0.122. The normalized spacial score (nSPS) is 16.0. The molecule has 6 heteroatoms. The Morgan fingerprint density at radius 1 is 1.35 bits per heavy atom. The monoisotopic (exact) mass is 314 g/mol. The molecular weight excluding hydrogens is 292 g/mol. The summed E-state index contributed by atoms with van der Waals surface area (Å²) in [5.41, 5.74) is 1.20. The van der Waals surface area contributed by atoms with Crippen LogP contribution in [-0.2, 0) is 30.6 Å². The molecule has 1 amide bonds. The summed E-state index contributed by atoms with van der Waals surface area (Å²) in [4.78, 5) is 16.6. The minimum absolute atomic E-state index is 0.00365. The van der Waals surface area contributed by atoms with Crippen LogP contribution in [0.4, 0.5) is 0 Å². The van der Waals surface area contributed by atoms with E-state index < -0.39 is 0 Å². The van der Waals surface area contributed by atoms with E-state index in [0.29, 0.717) is 6.54 Å². The molecule has 0 saturated carbocycles. The average Bonchev–Trinajstić information content (AvgIpc) is 3.15. The number of ether oxygens (including phenoxy) is 1. The number of aryl methyl sites for hydroxylation is 2. The largest absolute Gasteiger partial charge is 0.488 e. The van der Waals surface area contributed by atoms with Gasteiger partial charge in [-0.05, 0) is 11.6 Å². The minimum Gasteiger partial charge on any atom is -0.488 e. The molecule has 0 spiro atoms. The summed E-state index contributed by atoms with van der Waals surface area (Å²) in [6, 6.07) is 7.99. The lowest BCUT2D eigenvalue weighted by Gasteiger charge is -2.12. The number of carbonyl (C=O) groups excluding carboxylic acids is 1. The van der Waals surface area contributed by atoms with Crippen LogP contribution in [0.1, 0.15) is 31.1 Å². The minimum atomic E-state index is -0.0631. The van der Waals surface area contributed by atoms with E-state index in [-0.39, 0.29) is 18.6 Å². The van der Waals surface area contributed by atoms with Crippen molar-refractivity contribution in [3.63, 3.8) is 0 Å². The van der Waals surface area contributed by atoms with E-state index in [1.54, 1.807) is 4.68 Å². The van der Waals surface area contributed by atoms with Crippen molar-refractivity contribution < 1.29 is 9.53 Å². The lowest BCUT2D eigenvalue weighted by Crippen LogP contribution is -2.36. The number of hydrogen-bond acceptors (Lipinski definition) is 4. The summed E-state index contributed by atoms with van der Waals surface area (Å²) >= 11 is 0. The summed E-state index contributed by atoms with van der Waals surface area (Å²) in [6.07, 6.45) is 2.38. The SMILES string of the molecule is CCc1nc(CC)n(CC(=O)NCC2Cc3ccccc3O2)n1. The second-order valence-electron chi connectivity index (χ2n) is 5.66. The quantitative estimate of drug-likeness (QED) is 0.878. The Morgan fingerprint density at radius 3 is 2.91 bits per heavy atom. The molecule has 1 unspecified atom stereocenters. The summed E-state index contributed by atoms with van der Waals surface area (Å²) < 4.78 is 7.52. The van der Waals surface area contributed by atoms with Gasteiger partial charge in [-0.3, -0.25) is 4.79 Å². The van der Waals surface area contributed by atoms with Gasteiger partial charge in [0.25, 0.3) is 0 Å². The zero-order chi connectivity index (χ0) is 16.2. The molecule has 1 aromatic carbocycles. The third kappa shape index (κ3) is 3.52. The molecule has 1 aromatic heterocycles. The first kappa shape index (κ1) is 15.5. The fourth-order valence-electron chi connectivity index (χ4n) is 2.75. The zero-order valence-corrected chi connectivity index (χ0v) is 13.6. The van der Waals surface area contributed by atoms with Crippen LogP contribution in [0.3, 0.4) is 0 Å². The molecule has 1 aliphatic rings. The third-order valence-corrected chi connectivity index (χ3v) is 3.96. The van der Waals surface area contributed by atoms with Gasteiger partial charge in [-0.1, -0.05) is 32.0 Å². The highest BCUT2D eigenvalue weighted by Crippen LogP contribution is 2.27. The van der Waals surface area contributed by atoms with Crippen molar-refractivity contribution in [2.24, 2.45) is 0 Å². The van der Waals surface area contributed by atoms with Crippen molar-refractivity contribution in [3.8, 4) is 5.75 Å². The first-order valence-electron chi connectivity index (χ1n) is 8.13. The van der Waals surface area contributed by atoms with E-state index in [4.69, 9.17) is 4.74 Å². The van der Waals surface area contributed by atoms with Crippen LogP contribution < -0.4 is 10.1 Å². The number of benzene rings is 1. The van der Waals surface area contributed by atoms with E-state index in [1.807, 2.05) is 32.0 Å². The molecular formula is C17H22N4O2. The molecule has 2 aromatic rings. The van der Waals surface area contributed by atoms with E-state index in [9.17, 15) is 4.79 Å². The average molecular weight is 314 g/mol. The van der Waals surface area contributed by atoms with Gasteiger partial charge in [0.1, 0.15) is 24.2 Å². The molecule has 1 aliphatic heterocycles. The van der Waals surface area contributed by atoms with E-state index in [1.165, 1.54) is 5.56 Å². The Hall–Kier alpha value is -2.37. The van der Waals surface area contributed by atoms with Gasteiger partial charge >= 0.3 is 0 Å². The van der Waals surface area contributed by atoms with Crippen molar-refractivity contribution in [2.45, 2.75) is 45.8 Å². The molecule has 0 bridgehead atoms. The number of nitrogens with one attached hydrogen (secondary N) is 1. The maximum atomic E-state index is 12.2. The van der Waals surface area contributed by atoms with Crippen molar-refractivity contribution in [3.05, 3.63) is 41.5 Å². The third-order valence-electron chi connectivity index (χ3n) is 3.96. The lowest BCUT2D eigenvalue weighted by atomic mass is 10.1. The van der Waals surface area contributed by atoms with Crippen LogP contribution in [-0.4, -0.2) is 33.3 Å². The zero-order valence-electron chi connectivity index (χ0n) is 13.6. The second kappa shape index (κ2) is 6.81. The van der Waals surface area contributed by atoms with Crippen LogP contribution in [0.5, 0.6) is 5.75 Å². The smallest absolute Gasteiger partial charge is 0.241 e. The number of para-hydroxylation sites is 1. The van der Waals surface area contributed by atoms with Crippen LogP contribution in [0.15, 0.2) is 24.3 Å². The van der Waals surface area contributed by atoms with Crippen LogP contribution >= 0.6 is 0 Å². The standard InChI is InChI=1S/C17H22N4O2/c1-3-15-19-16(4-2)21(20-15)11-17(22)18-10-13-9-12-7-5-6-8-14(12)23-13/h5-8,13H,3-4,9-11H2,1-2H3,(H,18,22). The Morgan fingerprint density at radius 2 is 2.17 bits per heavy atom. The Kier molecular flexibility index (Phi) is 4.60. The van der Waals surface area contributed by atoms with Gasteiger partial charge < -0.3 is 10.1 Å². The fraction of sp³-hybridized carbons (Fsp3) is 0.471. The highest BCUT2D eigenvalue weighted by molar-refractivity contribution is 5.75. The van der Waals surface area contributed by atoms with Gasteiger partial charge in [0.2, 0.25) is 5.91 Å². The van der Waals surface area contributed by atoms with Gasteiger partial charge in [0.15, 0.2) is 5.82 Å². The van der Waals surface area contributed by atoms with Crippen molar-refractivity contribution >= 4 is 5.91 Å². The highest BCUT2D eigenvalue weighted by Gasteiger charge is 2.22. The summed E-state index contributed by atoms with van der Waals surface area (Å²) in [7, 11) is 0. The van der Waals surface area contributed by atoms with Gasteiger partial charge in [0, 0.05) is 19.3 Å². The molecule has 23 heavy (non-hydrogen) atoms. The molecule has 0 radical (unpaired) electrons.